The number of aromatic nitrogens is 4. The maximum atomic E-state index is 14.1. The summed E-state index contributed by atoms with van der Waals surface area (Å²) >= 11 is 3.15. The van der Waals surface area contributed by atoms with Crippen LogP contribution in [0.15, 0.2) is 102 Å². The average Bonchev–Trinajstić information content (AvgIpc) is 3.88. The van der Waals surface area contributed by atoms with Crippen molar-refractivity contribution < 1.29 is 32.8 Å². The van der Waals surface area contributed by atoms with Crippen LogP contribution in [0.25, 0.3) is 22.3 Å². The van der Waals surface area contributed by atoms with E-state index in [0.717, 1.165) is 11.1 Å². The molecule has 6 aromatic rings. The Morgan fingerprint density at radius 3 is 2.23 bits per heavy atom. The number of hydrogen-bond acceptors (Lipinski definition) is 8. The molecule has 268 valence electrons. The molecule has 1 aliphatic heterocycles. The lowest BCUT2D eigenvalue weighted by Gasteiger charge is -2.25. The molecule has 3 N–H and O–H groups in total. The van der Waals surface area contributed by atoms with Crippen LogP contribution >= 0.6 is 15.9 Å². The van der Waals surface area contributed by atoms with Crippen LogP contribution in [-0.2, 0) is 24.9 Å². The molecule has 1 fully saturated rings. The number of benzene rings is 3. The number of imidazole rings is 1. The highest BCUT2D eigenvalue weighted by atomic mass is 79.9. The standard InChI is InChI=1S/C23H22BN3O4.C14H13BrF3N3/c1-31-23(28)19-13-25-22(21-18(19)12-20(26-21)24(29)30)27(14-16-8-4-2-5-9-16)15-17-10-6-3-7-11-17;1-20-5-3-19-13(20)9-6-10(16)12(15)11(7-9)21-4-2-14(17,18)8-21/h2-13,26,29-30H,14-15H2,1H3;3,5-7H,2,4,8H2,1H3. The van der Waals surface area contributed by atoms with E-state index in [9.17, 15) is 28.0 Å². The number of nitrogens with zero attached hydrogens (tertiary/aromatic N) is 5. The highest BCUT2D eigenvalue weighted by molar-refractivity contribution is 9.10. The SMILES string of the molecule is COC(=O)c1cnc(N(Cc2ccccc2)Cc2ccccc2)c2[nH]c(B(O)O)cc12.Cn1ccnc1-c1cc(F)c(Br)c(N2CCC(F)(F)C2)c1. The maximum Gasteiger partial charge on any atom is 0.505 e. The quantitative estimate of drug-likeness (QED) is 0.120. The van der Waals surface area contributed by atoms with E-state index >= 15 is 0 Å². The summed E-state index contributed by atoms with van der Waals surface area (Å²) in [5.41, 5.74) is 4.16. The molecule has 0 unspecified atom stereocenters. The molecule has 4 heterocycles. The fraction of sp³-hybridized carbons (Fsp3) is 0.216. The van der Waals surface area contributed by atoms with Gasteiger partial charge in [0.1, 0.15) is 11.6 Å². The largest absolute Gasteiger partial charge is 0.505 e. The number of hydrogen-bond donors (Lipinski definition) is 3. The number of aryl methyl sites for hydroxylation is 1. The smallest absolute Gasteiger partial charge is 0.465 e. The fourth-order valence-corrected chi connectivity index (χ4v) is 6.59. The van der Waals surface area contributed by atoms with Gasteiger partial charge in [0.2, 0.25) is 0 Å². The summed E-state index contributed by atoms with van der Waals surface area (Å²) in [6, 6.07) is 24.6. The summed E-state index contributed by atoms with van der Waals surface area (Å²) in [7, 11) is 1.39. The highest BCUT2D eigenvalue weighted by Gasteiger charge is 2.39. The number of halogens is 4. The molecule has 1 aliphatic rings. The number of carbonyl (C=O) groups is 1. The van der Waals surface area contributed by atoms with E-state index in [1.165, 1.54) is 24.3 Å². The second-order valence-corrected chi connectivity index (χ2v) is 13.2. The van der Waals surface area contributed by atoms with Crippen molar-refractivity contribution in [3.8, 4) is 11.4 Å². The summed E-state index contributed by atoms with van der Waals surface area (Å²) < 4.78 is 47.7. The van der Waals surface area contributed by atoms with E-state index in [1.807, 2.05) is 60.7 Å². The second-order valence-electron chi connectivity index (χ2n) is 12.4. The lowest BCUT2D eigenvalue weighted by Crippen LogP contribution is -2.30. The third kappa shape index (κ3) is 8.17. The summed E-state index contributed by atoms with van der Waals surface area (Å²) in [5, 5.41) is 19.9. The molecule has 52 heavy (non-hydrogen) atoms. The van der Waals surface area contributed by atoms with E-state index < -0.39 is 31.4 Å². The van der Waals surface area contributed by atoms with E-state index in [4.69, 9.17) is 4.74 Å². The Hall–Kier alpha value is -5.12. The number of methoxy groups -OCH3 is 1. The monoisotopic (exact) mass is 774 g/mol. The van der Waals surface area contributed by atoms with Crippen LogP contribution in [0.4, 0.5) is 24.7 Å². The maximum absolute atomic E-state index is 14.1. The summed E-state index contributed by atoms with van der Waals surface area (Å²) in [5.74, 6) is -2.56. The lowest BCUT2D eigenvalue weighted by atomic mass is 9.86. The minimum absolute atomic E-state index is 0.175. The topological polar surface area (TPSA) is 120 Å². The van der Waals surface area contributed by atoms with Gasteiger partial charge in [0, 0.05) is 68.2 Å². The Kier molecular flexibility index (Phi) is 11.0. The number of alkyl halides is 2. The van der Waals surface area contributed by atoms with Gasteiger partial charge in [-0.05, 0) is 45.3 Å². The van der Waals surface area contributed by atoms with Gasteiger partial charge in [0.05, 0.1) is 34.9 Å². The van der Waals surface area contributed by atoms with E-state index in [0.29, 0.717) is 46.9 Å². The number of rotatable bonds is 9. The van der Waals surface area contributed by atoms with Crippen molar-refractivity contribution in [1.29, 1.82) is 0 Å². The van der Waals surface area contributed by atoms with Crippen molar-refractivity contribution >= 4 is 57.0 Å². The van der Waals surface area contributed by atoms with Crippen LogP contribution in [0.3, 0.4) is 0 Å². The summed E-state index contributed by atoms with van der Waals surface area (Å²) in [6.07, 6.45) is 4.61. The second kappa shape index (κ2) is 15.6. The van der Waals surface area contributed by atoms with Gasteiger partial charge in [0.15, 0.2) is 5.82 Å². The van der Waals surface area contributed by atoms with Crippen molar-refractivity contribution in [2.45, 2.75) is 25.4 Å². The Balaban J connectivity index is 0.000000192. The van der Waals surface area contributed by atoms with Crippen LogP contribution in [0.1, 0.15) is 27.9 Å². The van der Waals surface area contributed by atoms with E-state index in [2.05, 4.69) is 35.8 Å². The first-order valence-electron chi connectivity index (χ1n) is 16.3. The van der Waals surface area contributed by atoms with Gasteiger partial charge in [-0.1, -0.05) is 60.7 Å². The number of H-pyrrole nitrogens is 1. The van der Waals surface area contributed by atoms with Gasteiger partial charge < -0.3 is 34.1 Å². The van der Waals surface area contributed by atoms with Crippen molar-refractivity contribution in [3.63, 3.8) is 0 Å². The summed E-state index contributed by atoms with van der Waals surface area (Å²) in [6.45, 7) is 0.959. The number of esters is 1. The van der Waals surface area contributed by atoms with Crippen LogP contribution in [0.5, 0.6) is 0 Å². The van der Waals surface area contributed by atoms with Crippen molar-refractivity contribution in [1.82, 2.24) is 19.5 Å². The lowest BCUT2D eigenvalue weighted by molar-refractivity contribution is 0.0257. The van der Waals surface area contributed by atoms with Gasteiger partial charge in [-0.2, -0.15) is 0 Å². The van der Waals surface area contributed by atoms with Gasteiger partial charge in [0.25, 0.3) is 5.92 Å². The Bertz CT molecular complexity index is 2130. The number of ether oxygens (including phenoxy) is 1. The fourth-order valence-electron chi connectivity index (χ4n) is 6.11. The molecule has 0 amide bonds. The number of carbonyl (C=O) groups excluding carboxylic acids is 1. The van der Waals surface area contributed by atoms with Crippen LogP contribution < -0.4 is 15.4 Å². The van der Waals surface area contributed by atoms with Crippen molar-refractivity contribution in [2.75, 3.05) is 30.0 Å². The van der Waals surface area contributed by atoms with E-state index in [1.54, 1.807) is 36.1 Å². The molecule has 10 nitrogen and oxygen atoms in total. The average molecular weight is 775 g/mol. The van der Waals surface area contributed by atoms with Crippen LogP contribution in [0, 0.1) is 5.82 Å². The first-order chi connectivity index (χ1) is 24.9. The normalized spacial score (nSPS) is 13.5. The summed E-state index contributed by atoms with van der Waals surface area (Å²) in [4.78, 5) is 27.6. The van der Waals surface area contributed by atoms with Crippen LogP contribution in [0.2, 0.25) is 0 Å². The van der Waals surface area contributed by atoms with Gasteiger partial charge in [-0.3, -0.25) is 0 Å². The van der Waals surface area contributed by atoms with Gasteiger partial charge in [-0.15, -0.1) is 0 Å². The highest BCUT2D eigenvalue weighted by Crippen LogP contribution is 2.38. The Morgan fingerprint density at radius 2 is 1.69 bits per heavy atom. The molecule has 0 bridgehead atoms. The molecule has 0 atom stereocenters. The molecular formula is C37H35BBrF3N6O4. The number of pyridine rings is 1. The van der Waals surface area contributed by atoms with Crippen LogP contribution in [-0.4, -0.2) is 68.8 Å². The molecule has 15 heteroatoms. The molecular weight excluding hydrogens is 740 g/mol. The molecule has 0 spiro atoms. The zero-order valence-corrected chi connectivity index (χ0v) is 29.9. The third-order valence-corrected chi connectivity index (χ3v) is 9.47. The number of fused-ring (bicyclic) bond motifs is 1. The molecule has 0 saturated carbocycles. The Morgan fingerprint density at radius 1 is 1.04 bits per heavy atom. The predicted octanol–water partition coefficient (Wildman–Crippen LogP) is 6.07. The third-order valence-electron chi connectivity index (χ3n) is 8.68. The number of anilines is 2. The first-order valence-corrected chi connectivity index (χ1v) is 17.1. The molecule has 7 rings (SSSR count). The molecule has 1 saturated heterocycles. The predicted molar refractivity (Wildman–Crippen MR) is 198 cm³/mol. The van der Waals surface area contributed by atoms with Gasteiger partial charge in [-0.25, -0.2) is 27.9 Å². The molecule has 0 aliphatic carbocycles. The van der Waals surface area contributed by atoms with E-state index in [-0.39, 0.29) is 28.6 Å². The van der Waals surface area contributed by atoms with Gasteiger partial charge >= 0.3 is 13.1 Å². The zero-order chi connectivity index (χ0) is 37.0. The van der Waals surface area contributed by atoms with Crippen molar-refractivity contribution in [3.05, 3.63) is 124 Å². The zero-order valence-electron chi connectivity index (χ0n) is 28.3. The number of nitrogens with one attached hydrogen (secondary N) is 1. The molecule has 3 aromatic heterocycles. The minimum Gasteiger partial charge on any atom is -0.465 e. The first kappa shape index (κ1) is 36.7. The molecule has 3 aromatic carbocycles. The molecule has 0 radical (unpaired) electrons. The minimum atomic E-state index is -2.73. The number of aromatic amines is 1. The van der Waals surface area contributed by atoms with Crippen molar-refractivity contribution in [2.24, 2.45) is 7.05 Å². The Labute approximate surface area is 306 Å².